The Morgan fingerprint density at radius 1 is 1.24 bits per heavy atom. The molecule has 1 heterocycles. The van der Waals surface area contributed by atoms with E-state index in [1.165, 1.54) is 6.07 Å². The van der Waals surface area contributed by atoms with Crippen LogP contribution in [0.25, 0.3) is 0 Å². The molecule has 1 aliphatic rings. The number of halogens is 4. The second-order valence-electron chi connectivity index (χ2n) is 3.78. The monoisotopic (exact) mass is 267 g/mol. The highest BCUT2D eigenvalue weighted by Gasteiger charge is 2.33. The van der Waals surface area contributed by atoms with Crippen molar-refractivity contribution in [2.24, 2.45) is 0 Å². The molecule has 1 fully saturated rings. The normalized spacial score (nSPS) is 19.8. The topological polar surface area (TPSA) is 21.3 Å². The number of hydrogen-bond acceptors (Lipinski definition) is 2. The molecule has 1 unspecified atom stereocenters. The molecular weight excluding hydrogens is 255 g/mol. The van der Waals surface area contributed by atoms with Gasteiger partial charge in [-0.1, -0.05) is 18.2 Å². The van der Waals surface area contributed by atoms with Crippen molar-refractivity contribution in [2.45, 2.75) is 18.7 Å². The summed E-state index contributed by atoms with van der Waals surface area (Å²) in [5.74, 6) is 0.0299. The Morgan fingerprint density at radius 2 is 1.94 bits per heavy atom. The average Bonchev–Trinajstić information content (AvgIpc) is 2.69. The van der Waals surface area contributed by atoms with Gasteiger partial charge >= 0.3 is 6.36 Å². The molecule has 0 bridgehead atoms. The van der Waals surface area contributed by atoms with Crippen LogP contribution in [0.1, 0.15) is 17.9 Å². The van der Waals surface area contributed by atoms with Crippen molar-refractivity contribution < 1.29 is 17.9 Å². The minimum absolute atomic E-state index is 0. The largest absolute Gasteiger partial charge is 0.573 e. The van der Waals surface area contributed by atoms with Gasteiger partial charge in [0.2, 0.25) is 0 Å². The van der Waals surface area contributed by atoms with E-state index >= 15 is 0 Å². The molecule has 2 nitrogen and oxygen atoms in total. The summed E-state index contributed by atoms with van der Waals surface area (Å²) in [6.45, 7) is 1.54. The Balaban J connectivity index is 0.00000144. The second-order valence-corrected chi connectivity index (χ2v) is 3.78. The maximum absolute atomic E-state index is 12.2. The van der Waals surface area contributed by atoms with Crippen molar-refractivity contribution in [1.82, 2.24) is 5.32 Å². The van der Waals surface area contributed by atoms with Crippen molar-refractivity contribution in [3.05, 3.63) is 29.8 Å². The number of benzene rings is 1. The zero-order valence-electron chi connectivity index (χ0n) is 8.96. The Labute approximate surface area is 104 Å². The molecule has 1 aliphatic heterocycles. The van der Waals surface area contributed by atoms with Gasteiger partial charge in [-0.25, -0.2) is 0 Å². The summed E-state index contributed by atoms with van der Waals surface area (Å²) in [4.78, 5) is 0. The van der Waals surface area contributed by atoms with Gasteiger partial charge < -0.3 is 10.1 Å². The van der Waals surface area contributed by atoms with Gasteiger partial charge in [0.25, 0.3) is 0 Å². The molecule has 0 radical (unpaired) electrons. The van der Waals surface area contributed by atoms with Crippen LogP contribution in [0.5, 0.6) is 5.75 Å². The molecule has 1 aromatic carbocycles. The van der Waals surface area contributed by atoms with Crippen LogP contribution in [0, 0.1) is 0 Å². The number of rotatable bonds is 2. The first-order valence-corrected chi connectivity index (χ1v) is 5.11. The van der Waals surface area contributed by atoms with Gasteiger partial charge in [0.1, 0.15) is 5.75 Å². The summed E-state index contributed by atoms with van der Waals surface area (Å²) in [5.41, 5.74) is 0.629. The van der Waals surface area contributed by atoms with Crippen LogP contribution in [0.2, 0.25) is 0 Å². The highest BCUT2D eigenvalue weighted by Crippen LogP contribution is 2.33. The molecule has 0 aromatic heterocycles. The van der Waals surface area contributed by atoms with Crippen LogP contribution in [-0.4, -0.2) is 19.5 Å². The first-order valence-electron chi connectivity index (χ1n) is 5.11. The molecule has 0 amide bonds. The lowest BCUT2D eigenvalue weighted by molar-refractivity contribution is -0.274. The van der Waals surface area contributed by atoms with Crippen LogP contribution >= 0.6 is 12.4 Å². The second kappa shape index (κ2) is 5.60. The quantitative estimate of drug-likeness (QED) is 0.889. The summed E-state index contributed by atoms with van der Waals surface area (Å²) in [6, 6.07) is 6.34. The van der Waals surface area contributed by atoms with Gasteiger partial charge in [0, 0.05) is 12.5 Å². The number of nitrogens with one attached hydrogen (secondary N) is 1. The van der Waals surface area contributed by atoms with Gasteiger partial charge in [-0.15, -0.1) is 25.6 Å². The summed E-state index contributed by atoms with van der Waals surface area (Å²) in [6.07, 6.45) is -3.78. The lowest BCUT2D eigenvalue weighted by atomic mass is 9.97. The standard InChI is InChI=1S/C11H12F3NO.ClH/c12-11(13,14)16-10-4-2-1-3-9(10)8-5-6-15-7-8;/h1-4,8,15H,5-7H2;1H. The Morgan fingerprint density at radius 3 is 2.53 bits per heavy atom. The first kappa shape index (κ1) is 14.1. The molecule has 1 N–H and O–H groups in total. The fourth-order valence-corrected chi connectivity index (χ4v) is 1.96. The van der Waals surface area contributed by atoms with E-state index in [-0.39, 0.29) is 24.1 Å². The maximum Gasteiger partial charge on any atom is 0.573 e. The lowest BCUT2D eigenvalue weighted by Gasteiger charge is -2.16. The smallest absolute Gasteiger partial charge is 0.405 e. The Hall–Kier alpha value is -0.940. The first-order chi connectivity index (χ1) is 7.56. The number of hydrogen-bond donors (Lipinski definition) is 1. The van der Waals surface area contributed by atoms with Gasteiger partial charge in [-0.2, -0.15) is 0 Å². The predicted octanol–water partition coefficient (Wildman–Crippen LogP) is 3.08. The summed E-state index contributed by atoms with van der Waals surface area (Å²) < 4.78 is 40.5. The molecule has 96 valence electrons. The summed E-state index contributed by atoms with van der Waals surface area (Å²) in [5, 5.41) is 3.12. The molecule has 2 rings (SSSR count). The molecule has 0 spiro atoms. The van der Waals surface area contributed by atoms with E-state index in [1.807, 2.05) is 0 Å². The summed E-state index contributed by atoms with van der Waals surface area (Å²) in [7, 11) is 0. The molecule has 6 heteroatoms. The minimum atomic E-state index is -4.62. The highest BCUT2D eigenvalue weighted by molar-refractivity contribution is 5.85. The van der Waals surface area contributed by atoms with E-state index in [0.717, 1.165) is 13.0 Å². The van der Waals surface area contributed by atoms with E-state index in [2.05, 4.69) is 10.1 Å². The fraction of sp³-hybridized carbons (Fsp3) is 0.455. The van der Waals surface area contributed by atoms with Gasteiger partial charge in [-0.3, -0.25) is 0 Å². The molecule has 0 saturated carbocycles. The molecule has 0 aliphatic carbocycles. The van der Waals surface area contributed by atoms with E-state index in [1.54, 1.807) is 18.2 Å². The zero-order chi connectivity index (χ0) is 11.6. The van der Waals surface area contributed by atoms with Crippen LogP contribution in [0.4, 0.5) is 13.2 Å². The molecule has 1 aromatic rings. The maximum atomic E-state index is 12.2. The van der Waals surface area contributed by atoms with Crippen molar-refractivity contribution in [2.75, 3.05) is 13.1 Å². The third-order valence-electron chi connectivity index (χ3n) is 2.64. The lowest BCUT2D eigenvalue weighted by Crippen LogP contribution is -2.19. The average molecular weight is 268 g/mol. The fourth-order valence-electron chi connectivity index (χ4n) is 1.96. The zero-order valence-corrected chi connectivity index (χ0v) is 9.77. The number of alkyl halides is 3. The Kier molecular flexibility index (Phi) is 4.65. The van der Waals surface area contributed by atoms with Crippen molar-refractivity contribution in [3.63, 3.8) is 0 Å². The van der Waals surface area contributed by atoms with Crippen molar-refractivity contribution >= 4 is 12.4 Å². The van der Waals surface area contributed by atoms with E-state index in [4.69, 9.17) is 0 Å². The van der Waals surface area contributed by atoms with Gasteiger partial charge in [0.05, 0.1) is 0 Å². The minimum Gasteiger partial charge on any atom is -0.405 e. The van der Waals surface area contributed by atoms with Crippen molar-refractivity contribution in [1.29, 1.82) is 0 Å². The van der Waals surface area contributed by atoms with E-state index in [0.29, 0.717) is 12.1 Å². The Bertz CT molecular complexity index is 364. The predicted molar refractivity (Wildman–Crippen MR) is 60.6 cm³/mol. The molecule has 1 atom stereocenters. The SMILES string of the molecule is Cl.FC(F)(F)Oc1ccccc1C1CCNC1. The number of ether oxygens (including phenoxy) is 1. The highest BCUT2D eigenvalue weighted by atomic mass is 35.5. The van der Waals surface area contributed by atoms with Gasteiger partial charge in [-0.05, 0) is 24.6 Å². The number of para-hydroxylation sites is 1. The third-order valence-corrected chi connectivity index (χ3v) is 2.64. The molecule has 17 heavy (non-hydrogen) atoms. The molecule has 1 saturated heterocycles. The summed E-state index contributed by atoms with van der Waals surface area (Å²) >= 11 is 0. The molecular formula is C11H13ClF3NO. The van der Waals surface area contributed by atoms with E-state index in [9.17, 15) is 13.2 Å². The van der Waals surface area contributed by atoms with Crippen LogP contribution < -0.4 is 10.1 Å². The van der Waals surface area contributed by atoms with Crippen LogP contribution in [-0.2, 0) is 0 Å². The van der Waals surface area contributed by atoms with E-state index < -0.39 is 6.36 Å². The van der Waals surface area contributed by atoms with Crippen LogP contribution in [0.3, 0.4) is 0 Å². The third kappa shape index (κ3) is 3.78. The van der Waals surface area contributed by atoms with Crippen molar-refractivity contribution in [3.8, 4) is 5.75 Å². The van der Waals surface area contributed by atoms with Gasteiger partial charge in [0.15, 0.2) is 0 Å². The van der Waals surface area contributed by atoms with Crippen LogP contribution in [0.15, 0.2) is 24.3 Å².